The first-order chi connectivity index (χ1) is 8.11. The third kappa shape index (κ3) is 2.90. The zero-order valence-corrected chi connectivity index (χ0v) is 11.9. The summed E-state index contributed by atoms with van der Waals surface area (Å²) in [7, 11) is 0. The van der Waals surface area contributed by atoms with Crippen molar-refractivity contribution in [3.63, 3.8) is 0 Å². The van der Waals surface area contributed by atoms with Gasteiger partial charge in [0.1, 0.15) is 0 Å². The van der Waals surface area contributed by atoms with E-state index < -0.39 is 0 Å². The minimum Gasteiger partial charge on any atom is -0.271 e. The highest BCUT2D eigenvalue weighted by molar-refractivity contribution is 7.12. The molecule has 1 aromatic rings. The Balaban J connectivity index is 2.10. The highest BCUT2D eigenvalue weighted by Crippen LogP contribution is 2.39. The molecule has 1 saturated carbocycles. The molecule has 1 heterocycles. The molecule has 1 aliphatic carbocycles. The van der Waals surface area contributed by atoms with E-state index in [1.807, 2.05) is 11.3 Å². The summed E-state index contributed by atoms with van der Waals surface area (Å²) in [6.45, 7) is 6.74. The fraction of sp³-hybridized carbons (Fsp3) is 0.714. The minimum atomic E-state index is 0.361. The molecule has 0 bridgehead atoms. The van der Waals surface area contributed by atoms with E-state index >= 15 is 0 Å². The van der Waals surface area contributed by atoms with Gasteiger partial charge in [0.15, 0.2) is 0 Å². The second-order valence-corrected chi connectivity index (χ2v) is 6.84. The highest BCUT2D eigenvalue weighted by atomic mass is 32.1. The lowest BCUT2D eigenvalue weighted by molar-refractivity contribution is 0.234. The molecule has 3 heteroatoms. The maximum Gasteiger partial charge on any atom is 0.0581 e. The Morgan fingerprint density at radius 1 is 1.29 bits per heavy atom. The van der Waals surface area contributed by atoms with Crippen LogP contribution in [0.4, 0.5) is 0 Å². The number of nitrogens with one attached hydrogen (secondary N) is 1. The number of rotatable bonds is 3. The van der Waals surface area contributed by atoms with Crippen molar-refractivity contribution in [2.45, 2.75) is 52.5 Å². The molecule has 3 N–H and O–H groups in total. The zero-order chi connectivity index (χ0) is 12.4. The average molecular weight is 252 g/mol. The number of hydrazine groups is 1. The summed E-state index contributed by atoms with van der Waals surface area (Å²) in [5, 5.41) is 0. The van der Waals surface area contributed by atoms with Gasteiger partial charge >= 0.3 is 0 Å². The number of aryl methyl sites for hydroxylation is 2. The number of thiophene rings is 1. The predicted molar refractivity (Wildman–Crippen MR) is 75.0 cm³/mol. The van der Waals surface area contributed by atoms with Crippen LogP contribution in [0, 0.1) is 25.7 Å². The summed E-state index contributed by atoms with van der Waals surface area (Å²) in [5.74, 6) is 7.40. The van der Waals surface area contributed by atoms with Crippen LogP contribution < -0.4 is 11.3 Å². The van der Waals surface area contributed by atoms with Gasteiger partial charge in [0, 0.05) is 9.75 Å². The summed E-state index contributed by atoms with van der Waals surface area (Å²) in [6.07, 6.45) is 5.33. The largest absolute Gasteiger partial charge is 0.271 e. The van der Waals surface area contributed by atoms with E-state index in [9.17, 15) is 0 Å². The van der Waals surface area contributed by atoms with E-state index in [0.29, 0.717) is 12.0 Å². The summed E-state index contributed by atoms with van der Waals surface area (Å²) in [5.41, 5.74) is 4.45. The topological polar surface area (TPSA) is 38.0 Å². The number of nitrogens with two attached hydrogens (primary N) is 1. The predicted octanol–water partition coefficient (Wildman–Crippen LogP) is 3.70. The Kier molecular flexibility index (Phi) is 4.23. The van der Waals surface area contributed by atoms with Crippen molar-refractivity contribution in [3.8, 4) is 0 Å². The average Bonchev–Trinajstić information content (AvgIpc) is 2.63. The van der Waals surface area contributed by atoms with Crippen molar-refractivity contribution in [2.75, 3.05) is 0 Å². The van der Waals surface area contributed by atoms with Crippen LogP contribution in [0.3, 0.4) is 0 Å². The molecule has 2 nitrogen and oxygen atoms in total. The van der Waals surface area contributed by atoms with Crippen LogP contribution in [-0.4, -0.2) is 0 Å². The molecule has 0 spiro atoms. The Morgan fingerprint density at radius 3 is 2.41 bits per heavy atom. The second-order valence-electron chi connectivity index (χ2n) is 5.55. The summed E-state index contributed by atoms with van der Waals surface area (Å²) in [4.78, 5) is 2.84. The van der Waals surface area contributed by atoms with Gasteiger partial charge in [-0.2, -0.15) is 0 Å². The van der Waals surface area contributed by atoms with Crippen LogP contribution in [0.25, 0.3) is 0 Å². The first kappa shape index (κ1) is 13.1. The van der Waals surface area contributed by atoms with Crippen molar-refractivity contribution >= 4 is 11.3 Å². The van der Waals surface area contributed by atoms with Crippen molar-refractivity contribution in [2.24, 2.45) is 17.7 Å². The van der Waals surface area contributed by atoms with Gasteiger partial charge in [0.05, 0.1) is 6.04 Å². The van der Waals surface area contributed by atoms with Gasteiger partial charge in [-0.1, -0.05) is 19.8 Å². The van der Waals surface area contributed by atoms with Gasteiger partial charge in [0.25, 0.3) is 0 Å². The molecule has 0 radical (unpaired) electrons. The lowest BCUT2D eigenvalue weighted by Gasteiger charge is -2.31. The summed E-state index contributed by atoms with van der Waals surface area (Å²) < 4.78 is 0. The van der Waals surface area contributed by atoms with Crippen molar-refractivity contribution in [3.05, 3.63) is 21.4 Å². The van der Waals surface area contributed by atoms with Crippen LogP contribution >= 0.6 is 11.3 Å². The zero-order valence-electron chi connectivity index (χ0n) is 11.1. The monoisotopic (exact) mass is 252 g/mol. The second kappa shape index (κ2) is 5.51. The Morgan fingerprint density at radius 2 is 1.94 bits per heavy atom. The molecule has 2 rings (SSSR count). The standard InChI is InChI=1S/C14H24N2S/c1-9-4-6-12(7-5-9)14(16-15)13-8-10(2)11(3)17-13/h8-9,12,14,16H,4-7,15H2,1-3H3. The van der Waals surface area contributed by atoms with Crippen molar-refractivity contribution in [1.82, 2.24) is 5.43 Å². The molecule has 1 atom stereocenters. The van der Waals surface area contributed by atoms with Crippen LogP contribution in [0.5, 0.6) is 0 Å². The fourth-order valence-electron chi connectivity index (χ4n) is 2.82. The summed E-state index contributed by atoms with van der Waals surface area (Å²) >= 11 is 1.90. The third-order valence-electron chi connectivity index (χ3n) is 4.20. The molecule has 1 unspecified atom stereocenters. The first-order valence-electron chi connectivity index (χ1n) is 6.65. The molecular weight excluding hydrogens is 228 g/mol. The minimum absolute atomic E-state index is 0.361. The molecule has 0 amide bonds. The third-order valence-corrected chi connectivity index (χ3v) is 5.44. The van der Waals surface area contributed by atoms with Crippen LogP contribution in [0.2, 0.25) is 0 Å². The quantitative estimate of drug-likeness (QED) is 0.636. The van der Waals surface area contributed by atoms with Gasteiger partial charge in [-0.05, 0) is 50.2 Å². The number of hydrogen-bond acceptors (Lipinski definition) is 3. The van der Waals surface area contributed by atoms with E-state index in [1.165, 1.54) is 41.0 Å². The van der Waals surface area contributed by atoms with Crippen molar-refractivity contribution in [1.29, 1.82) is 0 Å². The van der Waals surface area contributed by atoms with Crippen LogP contribution in [0.1, 0.15) is 54.0 Å². The van der Waals surface area contributed by atoms with Crippen LogP contribution in [-0.2, 0) is 0 Å². The molecule has 96 valence electrons. The fourth-order valence-corrected chi connectivity index (χ4v) is 4.02. The Bertz CT molecular complexity index is 345. The van der Waals surface area contributed by atoms with Gasteiger partial charge < -0.3 is 0 Å². The SMILES string of the molecule is Cc1cc(C(NN)C2CCC(C)CC2)sc1C. The van der Waals surface area contributed by atoms with E-state index in [1.54, 1.807) is 0 Å². The molecule has 0 aliphatic heterocycles. The van der Waals surface area contributed by atoms with E-state index in [2.05, 4.69) is 32.3 Å². The molecular formula is C14H24N2S. The lowest BCUT2D eigenvalue weighted by atomic mass is 9.79. The van der Waals surface area contributed by atoms with Gasteiger partial charge in [-0.25, -0.2) is 0 Å². The van der Waals surface area contributed by atoms with Crippen molar-refractivity contribution < 1.29 is 0 Å². The van der Waals surface area contributed by atoms with E-state index in [-0.39, 0.29) is 0 Å². The Labute approximate surface area is 109 Å². The normalized spacial score (nSPS) is 27.1. The molecule has 0 saturated heterocycles. The molecule has 1 fully saturated rings. The van der Waals surface area contributed by atoms with E-state index in [0.717, 1.165) is 5.92 Å². The molecule has 1 aromatic heterocycles. The maximum absolute atomic E-state index is 5.79. The van der Waals surface area contributed by atoms with Gasteiger partial charge in [-0.3, -0.25) is 11.3 Å². The first-order valence-corrected chi connectivity index (χ1v) is 7.46. The van der Waals surface area contributed by atoms with Crippen LogP contribution in [0.15, 0.2) is 6.07 Å². The summed E-state index contributed by atoms with van der Waals surface area (Å²) in [6, 6.07) is 2.67. The molecule has 17 heavy (non-hydrogen) atoms. The lowest BCUT2D eigenvalue weighted by Crippen LogP contribution is -2.34. The molecule has 0 aromatic carbocycles. The highest BCUT2D eigenvalue weighted by Gasteiger charge is 2.27. The van der Waals surface area contributed by atoms with E-state index in [4.69, 9.17) is 5.84 Å². The van der Waals surface area contributed by atoms with Gasteiger partial charge in [-0.15, -0.1) is 11.3 Å². The van der Waals surface area contributed by atoms with Gasteiger partial charge in [0.2, 0.25) is 0 Å². The maximum atomic E-state index is 5.79. The Hall–Kier alpha value is -0.380. The molecule has 1 aliphatic rings. The smallest absolute Gasteiger partial charge is 0.0581 e. The number of hydrogen-bond donors (Lipinski definition) is 2.